The fourth-order valence-electron chi connectivity index (χ4n) is 2.03. The number of ether oxygens (including phenoxy) is 1. The van der Waals surface area contributed by atoms with E-state index >= 15 is 0 Å². The molecule has 0 amide bonds. The van der Waals surface area contributed by atoms with E-state index < -0.39 is 5.97 Å². The Morgan fingerprint density at radius 3 is 2.59 bits per heavy atom. The van der Waals surface area contributed by atoms with Crippen molar-refractivity contribution in [3.8, 4) is 17.2 Å². The third kappa shape index (κ3) is 5.08. The van der Waals surface area contributed by atoms with Gasteiger partial charge in [0, 0.05) is 11.1 Å². The van der Waals surface area contributed by atoms with Crippen molar-refractivity contribution in [1.82, 2.24) is 10.2 Å². The first kappa shape index (κ1) is 18.5. The predicted octanol–water partition coefficient (Wildman–Crippen LogP) is 2.70. The number of carbonyl (C=O) groups excluding carboxylic acids is 1. The number of hydrogen-bond donors (Lipinski definition) is 1. The molecular formula is C18H16N4O4S. The van der Waals surface area contributed by atoms with E-state index in [1.807, 2.05) is 30.3 Å². The molecule has 0 saturated heterocycles. The van der Waals surface area contributed by atoms with Gasteiger partial charge in [0.05, 0.1) is 7.11 Å². The highest BCUT2D eigenvalue weighted by Crippen LogP contribution is 2.22. The molecule has 0 aliphatic heterocycles. The second kappa shape index (κ2) is 8.86. The third-order valence-corrected chi connectivity index (χ3v) is 4.16. The zero-order valence-electron chi connectivity index (χ0n) is 14.4. The van der Waals surface area contributed by atoms with Crippen LogP contribution < -0.4 is 10.5 Å². The maximum Gasteiger partial charge on any atom is 0.345 e. The van der Waals surface area contributed by atoms with Gasteiger partial charge < -0.3 is 19.7 Å². The van der Waals surface area contributed by atoms with Gasteiger partial charge in [0.25, 0.3) is 5.22 Å². The minimum Gasteiger partial charge on any atom is -0.497 e. The van der Waals surface area contributed by atoms with E-state index in [1.165, 1.54) is 0 Å². The second-order valence-electron chi connectivity index (χ2n) is 5.20. The lowest BCUT2D eigenvalue weighted by Crippen LogP contribution is -2.15. The van der Waals surface area contributed by atoms with Gasteiger partial charge in [0.1, 0.15) is 11.5 Å². The zero-order chi connectivity index (χ0) is 19.1. The zero-order valence-corrected chi connectivity index (χ0v) is 15.2. The molecule has 1 aromatic heterocycles. The van der Waals surface area contributed by atoms with Crippen LogP contribution in [0.2, 0.25) is 0 Å². The quantitative estimate of drug-likeness (QED) is 0.217. The van der Waals surface area contributed by atoms with Gasteiger partial charge in [-0.1, -0.05) is 35.1 Å². The summed E-state index contributed by atoms with van der Waals surface area (Å²) >= 11 is 1.06. The number of amidine groups is 1. The molecule has 9 heteroatoms. The summed E-state index contributed by atoms with van der Waals surface area (Å²) in [5.74, 6) is 0.522. The number of carbonyl (C=O) groups is 1. The lowest BCUT2D eigenvalue weighted by molar-refractivity contribution is -0.140. The van der Waals surface area contributed by atoms with Gasteiger partial charge >= 0.3 is 5.97 Å². The largest absolute Gasteiger partial charge is 0.497 e. The van der Waals surface area contributed by atoms with Gasteiger partial charge in [-0.2, -0.15) is 0 Å². The summed E-state index contributed by atoms with van der Waals surface area (Å²) in [7, 11) is 1.57. The first-order valence-corrected chi connectivity index (χ1v) is 8.83. The molecule has 3 rings (SSSR count). The number of methoxy groups -OCH3 is 1. The van der Waals surface area contributed by atoms with Crippen LogP contribution >= 0.6 is 11.8 Å². The molecule has 2 aromatic carbocycles. The normalized spacial score (nSPS) is 11.2. The van der Waals surface area contributed by atoms with Gasteiger partial charge in [0.2, 0.25) is 5.89 Å². The molecule has 0 aliphatic carbocycles. The van der Waals surface area contributed by atoms with Crippen LogP contribution in [0.1, 0.15) is 5.56 Å². The van der Waals surface area contributed by atoms with E-state index in [4.69, 9.17) is 19.7 Å². The number of aromatic nitrogens is 2. The third-order valence-electron chi connectivity index (χ3n) is 3.37. The summed E-state index contributed by atoms with van der Waals surface area (Å²) in [6.07, 6.45) is 0. The van der Waals surface area contributed by atoms with E-state index in [1.54, 1.807) is 31.4 Å². The monoisotopic (exact) mass is 384 g/mol. The predicted molar refractivity (Wildman–Crippen MR) is 100 cm³/mol. The number of oxime groups is 1. The molecule has 0 unspecified atom stereocenters. The molecule has 0 radical (unpaired) electrons. The van der Waals surface area contributed by atoms with Gasteiger partial charge in [-0.3, -0.25) is 0 Å². The van der Waals surface area contributed by atoms with Crippen LogP contribution in [0.5, 0.6) is 5.75 Å². The molecule has 0 spiro atoms. The summed E-state index contributed by atoms with van der Waals surface area (Å²) in [5.41, 5.74) is 7.21. The number of nitrogens with two attached hydrogens (primary N) is 1. The molecule has 3 aromatic rings. The summed E-state index contributed by atoms with van der Waals surface area (Å²) in [4.78, 5) is 16.6. The van der Waals surface area contributed by atoms with Crippen LogP contribution in [0, 0.1) is 0 Å². The SMILES string of the molecule is COc1ccc(C(N)=NOC(=O)CSc2nnc(-c3ccccc3)o2)cc1. The maximum absolute atomic E-state index is 11.8. The smallest absolute Gasteiger partial charge is 0.345 e. The Bertz CT molecular complexity index is 926. The number of nitrogens with zero attached hydrogens (tertiary/aromatic N) is 3. The first-order chi connectivity index (χ1) is 13.2. The molecular weight excluding hydrogens is 368 g/mol. The highest BCUT2D eigenvalue weighted by Gasteiger charge is 2.12. The molecule has 0 atom stereocenters. The lowest BCUT2D eigenvalue weighted by atomic mass is 10.2. The molecule has 0 bridgehead atoms. The Morgan fingerprint density at radius 2 is 1.89 bits per heavy atom. The highest BCUT2D eigenvalue weighted by atomic mass is 32.2. The molecule has 2 N–H and O–H groups in total. The Morgan fingerprint density at radius 1 is 1.15 bits per heavy atom. The average Bonchev–Trinajstić information content (AvgIpc) is 3.20. The van der Waals surface area contributed by atoms with Crippen LogP contribution in [-0.2, 0) is 9.63 Å². The van der Waals surface area contributed by atoms with Crippen molar-refractivity contribution in [2.45, 2.75) is 5.22 Å². The second-order valence-corrected chi connectivity index (χ2v) is 6.12. The average molecular weight is 384 g/mol. The minimum absolute atomic E-state index is 0.0458. The Labute approximate surface area is 159 Å². The van der Waals surface area contributed by atoms with Crippen molar-refractivity contribution in [2.24, 2.45) is 10.9 Å². The minimum atomic E-state index is -0.587. The molecule has 0 saturated carbocycles. The number of thioether (sulfide) groups is 1. The molecule has 0 fully saturated rings. The number of hydrogen-bond acceptors (Lipinski definition) is 8. The Balaban J connectivity index is 1.51. The van der Waals surface area contributed by atoms with Crippen LogP contribution in [-0.4, -0.2) is 34.9 Å². The summed E-state index contributed by atoms with van der Waals surface area (Å²) in [6, 6.07) is 16.2. The first-order valence-electron chi connectivity index (χ1n) is 7.85. The summed E-state index contributed by atoms with van der Waals surface area (Å²) in [5, 5.41) is 11.7. The van der Waals surface area contributed by atoms with Crippen LogP contribution in [0.25, 0.3) is 11.5 Å². The van der Waals surface area contributed by atoms with Crippen LogP contribution in [0.4, 0.5) is 0 Å². The van der Waals surface area contributed by atoms with Gasteiger partial charge in [0.15, 0.2) is 5.84 Å². The van der Waals surface area contributed by atoms with E-state index in [0.717, 1.165) is 17.3 Å². The van der Waals surface area contributed by atoms with E-state index in [-0.39, 0.29) is 16.8 Å². The molecule has 0 aliphatic rings. The summed E-state index contributed by atoms with van der Waals surface area (Å²) < 4.78 is 10.6. The van der Waals surface area contributed by atoms with Crippen molar-refractivity contribution in [3.63, 3.8) is 0 Å². The van der Waals surface area contributed by atoms with Crippen LogP contribution in [0.3, 0.4) is 0 Å². The number of benzene rings is 2. The van der Waals surface area contributed by atoms with Gasteiger partial charge in [-0.25, -0.2) is 4.79 Å². The van der Waals surface area contributed by atoms with Crippen molar-refractivity contribution in [3.05, 3.63) is 60.2 Å². The standard InChI is InChI=1S/C18H16N4O4S/c1-24-14-9-7-12(8-10-14)16(19)22-26-15(23)11-27-18-21-20-17(25-18)13-5-3-2-4-6-13/h2-10H,11H2,1H3,(H2,19,22). The fourth-order valence-corrected chi connectivity index (χ4v) is 2.56. The van der Waals surface area contributed by atoms with Crippen LogP contribution in [0.15, 0.2) is 69.4 Å². The molecule has 138 valence electrons. The summed E-state index contributed by atoms with van der Waals surface area (Å²) in [6.45, 7) is 0. The number of rotatable bonds is 7. The fraction of sp³-hybridized carbons (Fsp3) is 0.111. The Kier molecular flexibility index (Phi) is 6.06. The highest BCUT2D eigenvalue weighted by molar-refractivity contribution is 7.99. The molecule has 27 heavy (non-hydrogen) atoms. The topological polar surface area (TPSA) is 113 Å². The van der Waals surface area contributed by atoms with Crippen molar-refractivity contribution in [1.29, 1.82) is 0 Å². The van der Waals surface area contributed by atoms with Gasteiger partial charge in [-0.15, -0.1) is 10.2 Å². The van der Waals surface area contributed by atoms with E-state index in [0.29, 0.717) is 17.2 Å². The van der Waals surface area contributed by atoms with E-state index in [9.17, 15) is 4.79 Å². The molecule has 8 nitrogen and oxygen atoms in total. The van der Waals surface area contributed by atoms with Crippen molar-refractivity contribution < 1.29 is 18.8 Å². The van der Waals surface area contributed by atoms with E-state index in [2.05, 4.69) is 15.4 Å². The lowest BCUT2D eigenvalue weighted by Gasteiger charge is -2.02. The van der Waals surface area contributed by atoms with Crippen molar-refractivity contribution >= 4 is 23.6 Å². The van der Waals surface area contributed by atoms with Gasteiger partial charge in [-0.05, 0) is 36.4 Å². The van der Waals surface area contributed by atoms with Crippen molar-refractivity contribution in [2.75, 3.05) is 12.9 Å². The molecule has 1 heterocycles. The maximum atomic E-state index is 11.8. The Hall–Kier alpha value is -3.33.